The van der Waals surface area contributed by atoms with Crippen LogP contribution in [0.2, 0.25) is 0 Å². The zero-order chi connectivity index (χ0) is 17.9. The number of piperazine rings is 1. The number of nitrogens with zero attached hydrogens (tertiary/aromatic N) is 2. The van der Waals surface area contributed by atoms with Gasteiger partial charge in [-0.3, -0.25) is 0 Å². The molecule has 2 N–H and O–H groups in total. The lowest BCUT2D eigenvalue weighted by atomic mass is 10.2. The molecule has 1 amide bonds. The van der Waals surface area contributed by atoms with Crippen LogP contribution in [0.25, 0.3) is 11.0 Å². The summed E-state index contributed by atoms with van der Waals surface area (Å²) in [5.74, 6) is 0. The highest BCUT2D eigenvalue weighted by Crippen LogP contribution is 2.20. The number of carbonyl (C=O) groups is 1. The van der Waals surface area contributed by atoms with Crippen molar-refractivity contribution in [2.75, 3.05) is 31.1 Å². The van der Waals surface area contributed by atoms with E-state index in [4.69, 9.17) is 4.74 Å². The maximum Gasteiger partial charge on any atom is 0.410 e. The van der Waals surface area contributed by atoms with Gasteiger partial charge < -0.3 is 24.5 Å². The monoisotopic (exact) mass is 352 g/mol. The van der Waals surface area contributed by atoms with Crippen molar-refractivity contribution in [3.63, 3.8) is 0 Å². The van der Waals surface area contributed by atoms with Crippen LogP contribution < -0.4 is 10.6 Å². The normalized spacial score (nSPS) is 14.6. The van der Waals surface area contributed by atoms with Gasteiger partial charge in [-0.05, 0) is 23.8 Å². The molecule has 0 saturated carbocycles. The molecular formula is C19H20N4O3. The highest BCUT2D eigenvalue weighted by Gasteiger charge is 2.22. The zero-order valence-corrected chi connectivity index (χ0v) is 14.3. The van der Waals surface area contributed by atoms with E-state index in [1.54, 1.807) is 4.90 Å². The molecule has 2 aromatic carbocycles. The molecule has 0 aliphatic carbocycles. The number of nitrogens with one attached hydrogen (secondary N) is 2. The van der Waals surface area contributed by atoms with E-state index in [1.165, 1.54) is 0 Å². The van der Waals surface area contributed by atoms with Gasteiger partial charge in [0.05, 0.1) is 11.0 Å². The van der Waals surface area contributed by atoms with Crippen LogP contribution in [0.3, 0.4) is 0 Å². The summed E-state index contributed by atoms with van der Waals surface area (Å²) in [7, 11) is 0. The van der Waals surface area contributed by atoms with Crippen LogP contribution in [0.4, 0.5) is 10.5 Å². The number of H-pyrrole nitrogens is 2. The lowest BCUT2D eigenvalue weighted by Gasteiger charge is -2.35. The first kappa shape index (κ1) is 16.3. The molecule has 0 bridgehead atoms. The molecule has 0 radical (unpaired) electrons. The fourth-order valence-electron chi connectivity index (χ4n) is 3.18. The summed E-state index contributed by atoms with van der Waals surface area (Å²) in [5.41, 5.74) is 3.39. The van der Waals surface area contributed by atoms with Crippen LogP contribution in [-0.4, -0.2) is 47.1 Å². The molecule has 7 heteroatoms. The van der Waals surface area contributed by atoms with E-state index in [0.717, 1.165) is 35.4 Å². The Balaban J connectivity index is 1.34. The molecule has 2 heterocycles. The molecule has 26 heavy (non-hydrogen) atoms. The molecule has 3 aromatic rings. The van der Waals surface area contributed by atoms with E-state index in [-0.39, 0.29) is 18.4 Å². The topological polar surface area (TPSA) is 81.4 Å². The van der Waals surface area contributed by atoms with Crippen molar-refractivity contribution in [3.05, 3.63) is 64.6 Å². The number of amides is 1. The highest BCUT2D eigenvalue weighted by molar-refractivity contribution is 5.79. The third kappa shape index (κ3) is 3.42. The maximum atomic E-state index is 12.2. The minimum absolute atomic E-state index is 0.205. The lowest BCUT2D eigenvalue weighted by molar-refractivity contribution is 0.0942. The minimum Gasteiger partial charge on any atom is -0.445 e. The molecule has 134 valence electrons. The molecule has 0 atom stereocenters. The third-order valence-electron chi connectivity index (χ3n) is 4.61. The second kappa shape index (κ2) is 6.95. The number of hydrogen-bond acceptors (Lipinski definition) is 4. The third-order valence-corrected chi connectivity index (χ3v) is 4.61. The molecule has 1 saturated heterocycles. The first-order chi connectivity index (χ1) is 12.7. The van der Waals surface area contributed by atoms with Crippen molar-refractivity contribution in [2.24, 2.45) is 0 Å². The van der Waals surface area contributed by atoms with Gasteiger partial charge >= 0.3 is 11.8 Å². The minimum atomic E-state index is -0.279. The largest absolute Gasteiger partial charge is 0.445 e. The Morgan fingerprint density at radius 2 is 1.69 bits per heavy atom. The van der Waals surface area contributed by atoms with Crippen molar-refractivity contribution in [2.45, 2.75) is 6.61 Å². The molecule has 7 nitrogen and oxygen atoms in total. The summed E-state index contributed by atoms with van der Waals surface area (Å²) >= 11 is 0. The fraction of sp³-hybridized carbons (Fsp3) is 0.263. The number of rotatable bonds is 3. The van der Waals surface area contributed by atoms with Crippen molar-refractivity contribution >= 4 is 22.8 Å². The second-order valence-corrected chi connectivity index (χ2v) is 6.32. The number of benzene rings is 2. The number of fused-ring (bicyclic) bond motifs is 1. The number of aromatic amines is 2. The number of aromatic nitrogens is 2. The number of imidazole rings is 1. The maximum absolute atomic E-state index is 12.2. The van der Waals surface area contributed by atoms with Gasteiger partial charge in [0.1, 0.15) is 6.61 Å². The first-order valence-corrected chi connectivity index (χ1v) is 8.62. The van der Waals surface area contributed by atoms with E-state index >= 15 is 0 Å². The Hall–Kier alpha value is -3.22. The molecule has 1 aromatic heterocycles. The molecule has 0 spiro atoms. The van der Waals surface area contributed by atoms with Gasteiger partial charge in [-0.25, -0.2) is 9.59 Å². The van der Waals surface area contributed by atoms with Crippen LogP contribution >= 0.6 is 0 Å². The molecular weight excluding hydrogens is 332 g/mol. The SMILES string of the molecule is O=C(OCc1ccccc1)N1CCN(c2ccc3[nH]c(=O)[nH]c3c2)CC1. The standard InChI is InChI=1S/C19H20N4O3/c24-18-20-16-7-6-15(12-17(16)21-18)22-8-10-23(11-9-22)19(25)26-13-14-4-2-1-3-5-14/h1-7,12H,8-11,13H2,(H2,20,21,24). The predicted octanol–water partition coefficient (Wildman–Crippen LogP) is 2.32. The molecule has 0 unspecified atom stereocenters. The summed E-state index contributed by atoms with van der Waals surface area (Å²) in [6.45, 7) is 2.95. The molecule has 1 aliphatic heterocycles. The van der Waals surface area contributed by atoms with E-state index in [0.29, 0.717) is 13.1 Å². The van der Waals surface area contributed by atoms with Crippen LogP contribution in [-0.2, 0) is 11.3 Å². The van der Waals surface area contributed by atoms with Crippen LogP contribution in [0, 0.1) is 0 Å². The van der Waals surface area contributed by atoms with Crippen LogP contribution in [0.15, 0.2) is 53.3 Å². The van der Waals surface area contributed by atoms with E-state index < -0.39 is 0 Å². The van der Waals surface area contributed by atoms with Gasteiger partial charge in [-0.2, -0.15) is 0 Å². The number of hydrogen-bond donors (Lipinski definition) is 2. The van der Waals surface area contributed by atoms with Crippen molar-refractivity contribution in [1.82, 2.24) is 14.9 Å². The summed E-state index contributed by atoms with van der Waals surface area (Å²) in [4.78, 5) is 33.1. The number of ether oxygens (including phenoxy) is 1. The van der Waals surface area contributed by atoms with E-state index in [2.05, 4.69) is 14.9 Å². The Kier molecular flexibility index (Phi) is 4.35. The Morgan fingerprint density at radius 3 is 2.46 bits per heavy atom. The van der Waals surface area contributed by atoms with E-state index in [1.807, 2.05) is 48.5 Å². The second-order valence-electron chi connectivity index (χ2n) is 6.32. The van der Waals surface area contributed by atoms with Crippen LogP contribution in [0.1, 0.15) is 5.56 Å². The number of anilines is 1. The summed E-state index contributed by atoms with van der Waals surface area (Å²) < 4.78 is 5.39. The van der Waals surface area contributed by atoms with Gasteiger partial charge in [0, 0.05) is 31.9 Å². The molecule has 1 fully saturated rings. The smallest absolute Gasteiger partial charge is 0.410 e. The van der Waals surface area contributed by atoms with Gasteiger partial charge in [0.15, 0.2) is 0 Å². The summed E-state index contributed by atoms with van der Waals surface area (Å²) in [5, 5.41) is 0. The fourth-order valence-corrected chi connectivity index (χ4v) is 3.18. The molecule has 4 rings (SSSR count). The van der Waals surface area contributed by atoms with Gasteiger partial charge in [-0.15, -0.1) is 0 Å². The average Bonchev–Trinajstić information content (AvgIpc) is 3.06. The van der Waals surface area contributed by atoms with Crippen molar-refractivity contribution in [3.8, 4) is 0 Å². The van der Waals surface area contributed by atoms with Crippen molar-refractivity contribution < 1.29 is 9.53 Å². The average molecular weight is 352 g/mol. The Bertz CT molecular complexity index is 956. The van der Waals surface area contributed by atoms with Gasteiger partial charge in [0.25, 0.3) is 0 Å². The Morgan fingerprint density at radius 1 is 0.962 bits per heavy atom. The first-order valence-electron chi connectivity index (χ1n) is 8.62. The van der Waals surface area contributed by atoms with Crippen LogP contribution in [0.5, 0.6) is 0 Å². The lowest BCUT2D eigenvalue weighted by Crippen LogP contribution is -2.48. The summed E-state index contributed by atoms with van der Waals surface area (Å²) in [6, 6.07) is 15.5. The van der Waals surface area contributed by atoms with E-state index in [9.17, 15) is 9.59 Å². The molecule has 1 aliphatic rings. The zero-order valence-electron chi connectivity index (χ0n) is 14.3. The Labute approximate surface area is 150 Å². The number of carbonyl (C=O) groups excluding carboxylic acids is 1. The highest BCUT2D eigenvalue weighted by atomic mass is 16.6. The summed E-state index contributed by atoms with van der Waals surface area (Å²) in [6.07, 6.45) is -0.279. The quantitative estimate of drug-likeness (QED) is 0.758. The predicted molar refractivity (Wildman–Crippen MR) is 99.3 cm³/mol. The van der Waals surface area contributed by atoms with Gasteiger partial charge in [-0.1, -0.05) is 30.3 Å². The van der Waals surface area contributed by atoms with Gasteiger partial charge in [0.2, 0.25) is 0 Å². The van der Waals surface area contributed by atoms with Crippen molar-refractivity contribution in [1.29, 1.82) is 0 Å².